The molecule has 1 aromatic carbocycles. The van der Waals surface area contributed by atoms with Gasteiger partial charge in [0.05, 0.1) is 6.10 Å². The maximum Gasteiger partial charge on any atom is 0.250 e. The zero-order valence-electron chi connectivity index (χ0n) is 10.5. The fourth-order valence-corrected chi connectivity index (χ4v) is 2.23. The number of nitrogens with one attached hydrogen (secondary N) is 1. The van der Waals surface area contributed by atoms with Crippen LogP contribution >= 0.6 is 0 Å². The molecule has 0 radical (unpaired) electrons. The first-order chi connectivity index (χ1) is 8.75. The number of nitrogens with two attached hydrogens (primary N) is 1. The highest BCUT2D eigenvalue weighted by molar-refractivity contribution is 5.91. The highest BCUT2D eigenvalue weighted by atomic mass is 16.5. The van der Waals surface area contributed by atoms with Crippen LogP contribution in [0, 0.1) is 0 Å². The number of amides is 1. The Bertz CT molecular complexity index is 381. The van der Waals surface area contributed by atoms with E-state index in [1.807, 2.05) is 30.3 Å². The normalized spacial score (nSPS) is 23.6. The highest BCUT2D eigenvalue weighted by Gasteiger charge is 2.22. The van der Waals surface area contributed by atoms with Gasteiger partial charge in [-0.2, -0.15) is 0 Å². The Labute approximate surface area is 108 Å². The molecule has 1 aliphatic carbocycles. The molecule has 2 unspecified atom stereocenters. The van der Waals surface area contributed by atoms with E-state index in [0.29, 0.717) is 0 Å². The number of hydrogen-bond acceptors (Lipinski definition) is 3. The Morgan fingerprint density at radius 3 is 2.72 bits per heavy atom. The van der Waals surface area contributed by atoms with E-state index in [0.717, 1.165) is 31.4 Å². The van der Waals surface area contributed by atoms with Crippen molar-refractivity contribution in [2.45, 2.75) is 37.8 Å². The number of carbonyl (C=O) groups excluding carboxylic acids is 1. The van der Waals surface area contributed by atoms with Crippen molar-refractivity contribution in [3.63, 3.8) is 0 Å². The average Bonchev–Trinajstić information content (AvgIpc) is 2.39. The van der Waals surface area contributed by atoms with Gasteiger partial charge >= 0.3 is 0 Å². The number of para-hydroxylation sites is 1. The third-order valence-electron chi connectivity index (χ3n) is 3.24. The van der Waals surface area contributed by atoms with Gasteiger partial charge in [-0.3, -0.25) is 4.79 Å². The predicted molar refractivity (Wildman–Crippen MR) is 71.3 cm³/mol. The summed E-state index contributed by atoms with van der Waals surface area (Å²) in [6.45, 7) is 0.0766. The second-order valence-corrected chi connectivity index (χ2v) is 4.71. The third-order valence-corrected chi connectivity index (χ3v) is 3.24. The molecule has 1 saturated carbocycles. The summed E-state index contributed by atoms with van der Waals surface area (Å²) in [5, 5.41) is 2.79. The Morgan fingerprint density at radius 2 is 2.00 bits per heavy atom. The third kappa shape index (κ3) is 3.82. The molecular weight excluding hydrogens is 228 g/mol. The molecule has 18 heavy (non-hydrogen) atoms. The maximum absolute atomic E-state index is 11.7. The fraction of sp³-hybridized carbons (Fsp3) is 0.500. The Kier molecular flexibility index (Phi) is 4.73. The van der Waals surface area contributed by atoms with Crippen molar-refractivity contribution in [3.05, 3.63) is 30.3 Å². The lowest BCUT2D eigenvalue weighted by Gasteiger charge is -2.28. The van der Waals surface area contributed by atoms with Crippen molar-refractivity contribution in [2.75, 3.05) is 11.9 Å². The van der Waals surface area contributed by atoms with Crippen LogP contribution in [0.5, 0.6) is 0 Å². The molecule has 1 amide bonds. The number of rotatable bonds is 4. The van der Waals surface area contributed by atoms with Crippen LogP contribution in [0.1, 0.15) is 25.7 Å². The summed E-state index contributed by atoms with van der Waals surface area (Å²) in [5.74, 6) is -0.126. The lowest BCUT2D eigenvalue weighted by Crippen LogP contribution is -2.40. The standard InChI is InChI=1S/C14H20N2O2/c15-12-8-4-5-9-13(12)18-10-14(17)16-11-6-2-1-3-7-11/h1-3,6-7,12-13H,4-5,8-10,15H2,(H,16,17). The van der Waals surface area contributed by atoms with Gasteiger partial charge < -0.3 is 15.8 Å². The molecule has 0 heterocycles. The molecule has 0 saturated heterocycles. The minimum absolute atomic E-state index is 0.0280. The maximum atomic E-state index is 11.7. The topological polar surface area (TPSA) is 64.3 Å². The molecule has 0 spiro atoms. The quantitative estimate of drug-likeness (QED) is 0.855. The number of carbonyl (C=O) groups is 1. The van der Waals surface area contributed by atoms with Gasteiger partial charge in [-0.25, -0.2) is 0 Å². The van der Waals surface area contributed by atoms with Gasteiger partial charge in [0, 0.05) is 11.7 Å². The van der Waals surface area contributed by atoms with Crippen LogP contribution in [0.2, 0.25) is 0 Å². The van der Waals surface area contributed by atoms with Crippen molar-refractivity contribution in [1.82, 2.24) is 0 Å². The Hall–Kier alpha value is -1.39. The van der Waals surface area contributed by atoms with Gasteiger partial charge in [-0.15, -0.1) is 0 Å². The zero-order valence-corrected chi connectivity index (χ0v) is 10.5. The highest BCUT2D eigenvalue weighted by Crippen LogP contribution is 2.19. The lowest BCUT2D eigenvalue weighted by molar-refractivity contribution is -0.123. The second-order valence-electron chi connectivity index (χ2n) is 4.71. The number of ether oxygens (including phenoxy) is 1. The van der Waals surface area contributed by atoms with Crippen LogP contribution in [0.3, 0.4) is 0 Å². The van der Waals surface area contributed by atoms with Crippen LogP contribution in [0.15, 0.2) is 30.3 Å². The first kappa shape index (κ1) is 13.1. The van der Waals surface area contributed by atoms with Gasteiger partial charge in [-0.1, -0.05) is 31.0 Å². The van der Waals surface area contributed by atoms with Crippen molar-refractivity contribution < 1.29 is 9.53 Å². The van der Waals surface area contributed by atoms with Crippen molar-refractivity contribution in [2.24, 2.45) is 5.73 Å². The fourth-order valence-electron chi connectivity index (χ4n) is 2.23. The molecule has 3 N–H and O–H groups in total. The van der Waals surface area contributed by atoms with E-state index in [4.69, 9.17) is 10.5 Å². The van der Waals surface area contributed by atoms with E-state index in [2.05, 4.69) is 5.32 Å². The predicted octanol–water partition coefficient (Wildman–Crippen LogP) is 1.91. The molecule has 1 fully saturated rings. The van der Waals surface area contributed by atoms with Gasteiger partial charge in [0.25, 0.3) is 0 Å². The van der Waals surface area contributed by atoms with E-state index >= 15 is 0 Å². The number of anilines is 1. The van der Waals surface area contributed by atoms with Crippen LogP contribution in [-0.2, 0) is 9.53 Å². The van der Waals surface area contributed by atoms with Crippen molar-refractivity contribution in [1.29, 1.82) is 0 Å². The van der Waals surface area contributed by atoms with E-state index in [1.54, 1.807) is 0 Å². The number of hydrogen-bond donors (Lipinski definition) is 2. The summed E-state index contributed by atoms with van der Waals surface area (Å²) in [7, 11) is 0. The van der Waals surface area contributed by atoms with Gasteiger partial charge in [0.1, 0.15) is 6.61 Å². The zero-order chi connectivity index (χ0) is 12.8. The summed E-state index contributed by atoms with van der Waals surface area (Å²) in [5.41, 5.74) is 6.75. The molecule has 0 bridgehead atoms. The van der Waals surface area contributed by atoms with Crippen molar-refractivity contribution in [3.8, 4) is 0 Å². The minimum atomic E-state index is -0.126. The first-order valence-electron chi connectivity index (χ1n) is 6.48. The van der Waals surface area contributed by atoms with Crippen molar-refractivity contribution >= 4 is 11.6 Å². The lowest BCUT2D eigenvalue weighted by atomic mass is 9.93. The second kappa shape index (κ2) is 6.52. The van der Waals surface area contributed by atoms with Crippen LogP contribution < -0.4 is 11.1 Å². The monoisotopic (exact) mass is 248 g/mol. The summed E-state index contributed by atoms with van der Waals surface area (Å²) in [6.07, 6.45) is 4.28. The van der Waals surface area contributed by atoms with E-state index in [1.165, 1.54) is 0 Å². The molecule has 0 aliphatic heterocycles. The molecule has 2 rings (SSSR count). The largest absolute Gasteiger partial charge is 0.367 e. The smallest absolute Gasteiger partial charge is 0.250 e. The minimum Gasteiger partial charge on any atom is -0.367 e. The van der Waals surface area contributed by atoms with Crippen LogP contribution in [0.4, 0.5) is 5.69 Å². The van der Waals surface area contributed by atoms with Crippen LogP contribution in [0.25, 0.3) is 0 Å². The van der Waals surface area contributed by atoms with Gasteiger partial charge in [-0.05, 0) is 25.0 Å². The number of benzene rings is 1. The average molecular weight is 248 g/mol. The molecule has 1 aromatic rings. The Balaban J connectivity index is 1.74. The first-order valence-corrected chi connectivity index (χ1v) is 6.48. The molecule has 4 heteroatoms. The van der Waals surface area contributed by atoms with Gasteiger partial charge in [0.2, 0.25) is 5.91 Å². The molecule has 1 aliphatic rings. The molecular formula is C14H20N2O2. The molecule has 98 valence electrons. The van der Waals surface area contributed by atoms with Gasteiger partial charge in [0.15, 0.2) is 0 Å². The summed E-state index contributed by atoms with van der Waals surface area (Å²) >= 11 is 0. The Morgan fingerprint density at radius 1 is 1.28 bits per heavy atom. The van der Waals surface area contributed by atoms with E-state index < -0.39 is 0 Å². The summed E-state index contributed by atoms with van der Waals surface area (Å²) < 4.78 is 5.59. The van der Waals surface area contributed by atoms with E-state index in [9.17, 15) is 4.79 Å². The van der Waals surface area contributed by atoms with E-state index in [-0.39, 0.29) is 24.7 Å². The summed E-state index contributed by atoms with van der Waals surface area (Å²) in [4.78, 5) is 11.7. The van der Waals surface area contributed by atoms with Crippen LogP contribution in [-0.4, -0.2) is 24.7 Å². The molecule has 4 nitrogen and oxygen atoms in total. The summed E-state index contributed by atoms with van der Waals surface area (Å²) in [6, 6.07) is 9.45. The molecule has 2 atom stereocenters. The molecule has 0 aromatic heterocycles. The SMILES string of the molecule is NC1CCCCC1OCC(=O)Nc1ccccc1.